The van der Waals surface area contributed by atoms with Gasteiger partial charge in [-0.2, -0.15) is 0 Å². The number of nitrogens with one attached hydrogen (secondary N) is 1. The Morgan fingerprint density at radius 2 is 1.70 bits per heavy atom. The summed E-state index contributed by atoms with van der Waals surface area (Å²) >= 11 is 3.21. The van der Waals surface area contributed by atoms with Crippen molar-refractivity contribution in [3.8, 4) is 0 Å². The molecule has 0 aliphatic rings. The highest BCUT2D eigenvalue weighted by Gasteiger charge is 2.17. The van der Waals surface area contributed by atoms with Crippen molar-refractivity contribution in [2.24, 2.45) is 0 Å². The lowest BCUT2D eigenvalue weighted by atomic mass is 10.1. The molecule has 0 spiro atoms. The van der Waals surface area contributed by atoms with Crippen LogP contribution in [0, 0.1) is 0 Å². The third-order valence-corrected chi connectivity index (χ3v) is 3.35. The second-order valence-electron chi connectivity index (χ2n) is 3.97. The van der Waals surface area contributed by atoms with Gasteiger partial charge >= 0.3 is 0 Å². The number of amides is 1. The highest BCUT2D eigenvalue weighted by Crippen LogP contribution is 2.23. The van der Waals surface area contributed by atoms with Crippen molar-refractivity contribution in [2.75, 3.05) is 5.32 Å². The smallest absolute Gasteiger partial charge is 0.296 e. The van der Waals surface area contributed by atoms with Crippen molar-refractivity contribution >= 4 is 39.6 Å². The molecule has 4 nitrogen and oxygen atoms in total. The van der Waals surface area contributed by atoms with E-state index in [1.165, 1.54) is 0 Å². The van der Waals surface area contributed by atoms with Crippen molar-refractivity contribution in [2.45, 2.75) is 0 Å². The minimum atomic E-state index is -0.780. The number of hydrogen-bond acceptors (Lipinski definition) is 3. The second kappa shape index (κ2) is 6.25. The molecule has 100 valence electrons. The summed E-state index contributed by atoms with van der Waals surface area (Å²) in [7, 11) is 0. The van der Waals surface area contributed by atoms with E-state index in [0.717, 1.165) is 0 Å². The van der Waals surface area contributed by atoms with Gasteiger partial charge in [0, 0.05) is 10.0 Å². The number of benzene rings is 2. The van der Waals surface area contributed by atoms with E-state index in [1.54, 1.807) is 48.5 Å². The lowest BCUT2D eigenvalue weighted by Gasteiger charge is -2.08. The fourth-order valence-electron chi connectivity index (χ4n) is 1.67. The van der Waals surface area contributed by atoms with Gasteiger partial charge in [-0.25, -0.2) is 0 Å². The number of anilines is 1. The number of halogens is 1. The van der Waals surface area contributed by atoms with Gasteiger partial charge in [0.05, 0.1) is 11.3 Å². The SMILES string of the molecule is O=Cc1c(Br)cccc1NC(=O)C(=O)c1ccccc1. The van der Waals surface area contributed by atoms with Crippen LogP contribution in [0.5, 0.6) is 0 Å². The van der Waals surface area contributed by atoms with Crippen molar-refractivity contribution in [3.05, 3.63) is 64.1 Å². The number of carbonyl (C=O) groups excluding carboxylic acids is 3. The molecule has 1 amide bonds. The Kier molecular flexibility index (Phi) is 4.42. The van der Waals surface area contributed by atoms with Crippen LogP contribution in [-0.4, -0.2) is 18.0 Å². The largest absolute Gasteiger partial charge is 0.318 e. The molecule has 0 aliphatic heterocycles. The summed E-state index contributed by atoms with van der Waals surface area (Å²) in [6, 6.07) is 13.1. The number of rotatable bonds is 4. The molecule has 0 saturated heterocycles. The van der Waals surface area contributed by atoms with Crippen LogP contribution in [0.1, 0.15) is 20.7 Å². The van der Waals surface area contributed by atoms with Gasteiger partial charge in [0.2, 0.25) is 0 Å². The first-order valence-corrected chi connectivity index (χ1v) is 6.57. The molecule has 5 heteroatoms. The van der Waals surface area contributed by atoms with Gasteiger partial charge in [-0.3, -0.25) is 14.4 Å². The Labute approximate surface area is 123 Å². The average molecular weight is 332 g/mol. The first-order valence-electron chi connectivity index (χ1n) is 5.78. The fraction of sp³-hybridized carbons (Fsp3) is 0. The third kappa shape index (κ3) is 3.00. The van der Waals surface area contributed by atoms with E-state index in [9.17, 15) is 14.4 Å². The van der Waals surface area contributed by atoms with Crippen LogP contribution >= 0.6 is 15.9 Å². The molecule has 0 fully saturated rings. The number of aldehydes is 1. The molecular weight excluding hydrogens is 322 g/mol. The Hall–Kier alpha value is -2.27. The van der Waals surface area contributed by atoms with Gasteiger partial charge in [0.25, 0.3) is 11.7 Å². The second-order valence-corrected chi connectivity index (χ2v) is 4.82. The maximum atomic E-state index is 11.9. The number of hydrogen-bond donors (Lipinski definition) is 1. The topological polar surface area (TPSA) is 63.2 Å². The standard InChI is InChI=1S/C15H10BrNO3/c16-12-7-4-8-13(11(12)9-18)17-15(20)14(19)10-5-2-1-3-6-10/h1-9H,(H,17,20). The van der Waals surface area contributed by atoms with Crippen LogP contribution in [-0.2, 0) is 4.79 Å². The molecule has 0 unspecified atom stereocenters. The minimum absolute atomic E-state index is 0.293. The summed E-state index contributed by atoms with van der Waals surface area (Å²) in [5.74, 6) is -1.43. The Balaban J connectivity index is 2.23. The van der Waals surface area contributed by atoms with Crippen molar-refractivity contribution in [1.29, 1.82) is 0 Å². The number of ketones is 1. The highest BCUT2D eigenvalue weighted by atomic mass is 79.9. The van der Waals surface area contributed by atoms with E-state index in [1.807, 2.05) is 0 Å². The summed E-state index contributed by atoms with van der Waals surface area (Å²) in [4.78, 5) is 34.8. The predicted molar refractivity (Wildman–Crippen MR) is 78.9 cm³/mol. The molecule has 0 heterocycles. The van der Waals surface area contributed by atoms with Crippen LogP contribution < -0.4 is 5.32 Å². The third-order valence-electron chi connectivity index (χ3n) is 2.66. The van der Waals surface area contributed by atoms with E-state index < -0.39 is 11.7 Å². The molecule has 2 rings (SSSR count). The molecular formula is C15H10BrNO3. The van der Waals surface area contributed by atoms with Crippen LogP contribution in [0.15, 0.2) is 53.0 Å². The molecule has 2 aromatic carbocycles. The summed E-state index contributed by atoms with van der Waals surface area (Å²) in [6.45, 7) is 0. The van der Waals surface area contributed by atoms with Crippen molar-refractivity contribution in [1.82, 2.24) is 0 Å². The van der Waals surface area contributed by atoms with Crippen LogP contribution in [0.4, 0.5) is 5.69 Å². The molecule has 0 aliphatic carbocycles. The Morgan fingerprint density at radius 3 is 2.35 bits per heavy atom. The normalized spacial score (nSPS) is 9.85. The molecule has 20 heavy (non-hydrogen) atoms. The summed E-state index contributed by atoms with van der Waals surface area (Å²) in [5.41, 5.74) is 0.887. The van der Waals surface area contributed by atoms with E-state index in [2.05, 4.69) is 21.2 Å². The van der Waals surface area contributed by atoms with Gasteiger partial charge in [0.1, 0.15) is 0 Å². The van der Waals surface area contributed by atoms with E-state index >= 15 is 0 Å². The summed E-state index contributed by atoms with van der Waals surface area (Å²) in [6.07, 6.45) is 0.618. The Bertz CT molecular complexity index is 668. The van der Waals surface area contributed by atoms with Crippen LogP contribution in [0.2, 0.25) is 0 Å². The molecule has 0 aromatic heterocycles. The van der Waals surface area contributed by atoms with Crippen molar-refractivity contribution < 1.29 is 14.4 Å². The Morgan fingerprint density at radius 1 is 1.00 bits per heavy atom. The monoisotopic (exact) mass is 331 g/mol. The molecule has 2 aromatic rings. The van der Waals surface area contributed by atoms with Crippen LogP contribution in [0.3, 0.4) is 0 Å². The minimum Gasteiger partial charge on any atom is -0.318 e. The lowest BCUT2D eigenvalue weighted by Crippen LogP contribution is -2.23. The van der Waals surface area contributed by atoms with Gasteiger partial charge in [-0.05, 0) is 28.1 Å². The fourth-order valence-corrected chi connectivity index (χ4v) is 2.13. The van der Waals surface area contributed by atoms with Gasteiger partial charge in [-0.1, -0.05) is 36.4 Å². The summed E-state index contributed by atoms with van der Waals surface area (Å²) < 4.78 is 0.553. The van der Waals surface area contributed by atoms with Crippen molar-refractivity contribution in [3.63, 3.8) is 0 Å². The van der Waals surface area contributed by atoms with Gasteiger partial charge in [-0.15, -0.1) is 0 Å². The zero-order valence-electron chi connectivity index (χ0n) is 10.3. The first-order chi connectivity index (χ1) is 9.63. The molecule has 0 radical (unpaired) electrons. The molecule has 0 atom stereocenters. The number of carbonyl (C=O) groups is 3. The number of Topliss-reactive ketones (excluding diaryl/α,β-unsaturated/α-hetero) is 1. The lowest BCUT2D eigenvalue weighted by molar-refractivity contribution is -0.112. The first kappa shape index (κ1) is 14.1. The summed E-state index contributed by atoms with van der Waals surface area (Å²) in [5, 5.41) is 2.45. The molecule has 0 bridgehead atoms. The quantitative estimate of drug-likeness (QED) is 0.532. The zero-order chi connectivity index (χ0) is 14.5. The molecule has 0 saturated carbocycles. The predicted octanol–water partition coefficient (Wildman–Crippen LogP) is 3.08. The zero-order valence-corrected chi connectivity index (χ0v) is 11.9. The molecule has 1 N–H and O–H groups in total. The van der Waals surface area contributed by atoms with E-state index in [-0.39, 0.29) is 0 Å². The van der Waals surface area contributed by atoms with Gasteiger partial charge in [0.15, 0.2) is 6.29 Å². The maximum Gasteiger partial charge on any atom is 0.296 e. The van der Waals surface area contributed by atoms with E-state index in [4.69, 9.17) is 0 Å². The van der Waals surface area contributed by atoms with Crippen LogP contribution in [0.25, 0.3) is 0 Å². The van der Waals surface area contributed by atoms with E-state index in [0.29, 0.717) is 27.6 Å². The van der Waals surface area contributed by atoms with Gasteiger partial charge < -0.3 is 5.32 Å². The highest BCUT2D eigenvalue weighted by molar-refractivity contribution is 9.10. The average Bonchev–Trinajstić information content (AvgIpc) is 2.47. The maximum absolute atomic E-state index is 11.9.